The lowest BCUT2D eigenvalue weighted by Gasteiger charge is -2.37. The van der Waals surface area contributed by atoms with Crippen molar-refractivity contribution in [3.8, 4) is 0 Å². The number of rotatable bonds is 4. The SMILES string of the molecule is Cc1nc2cc(N3CCN(c4ccc(F)cc4)CC3)ccc2n1CC(=O)O. The van der Waals surface area contributed by atoms with Crippen LogP contribution in [0.1, 0.15) is 5.82 Å². The molecule has 1 aromatic heterocycles. The third kappa shape index (κ3) is 3.45. The number of nitrogens with zero attached hydrogens (tertiary/aromatic N) is 4. The van der Waals surface area contributed by atoms with Crippen LogP contribution in [0.3, 0.4) is 0 Å². The molecule has 1 fully saturated rings. The van der Waals surface area contributed by atoms with Gasteiger partial charge in [-0.1, -0.05) is 0 Å². The molecule has 1 N–H and O–H groups in total. The average molecular weight is 368 g/mol. The van der Waals surface area contributed by atoms with E-state index >= 15 is 0 Å². The Morgan fingerprint density at radius 3 is 2.26 bits per heavy atom. The Morgan fingerprint density at radius 1 is 1.04 bits per heavy atom. The van der Waals surface area contributed by atoms with Crippen LogP contribution >= 0.6 is 0 Å². The van der Waals surface area contributed by atoms with Gasteiger partial charge >= 0.3 is 5.97 Å². The number of piperazine rings is 1. The summed E-state index contributed by atoms with van der Waals surface area (Å²) in [6, 6.07) is 12.6. The van der Waals surface area contributed by atoms with Crippen LogP contribution in [-0.4, -0.2) is 46.8 Å². The quantitative estimate of drug-likeness (QED) is 0.767. The summed E-state index contributed by atoms with van der Waals surface area (Å²) in [6.07, 6.45) is 0. The summed E-state index contributed by atoms with van der Waals surface area (Å²) in [5, 5.41) is 9.08. The van der Waals surface area contributed by atoms with E-state index in [1.807, 2.05) is 37.3 Å². The maximum atomic E-state index is 13.1. The predicted octanol–water partition coefficient (Wildman–Crippen LogP) is 2.90. The highest BCUT2D eigenvalue weighted by molar-refractivity contribution is 5.82. The lowest BCUT2D eigenvalue weighted by molar-refractivity contribution is -0.137. The molecule has 2 heterocycles. The first-order chi connectivity index (χ1) is 13.0. The molecule has 0 unspecified atom stereocenters. The normalized spacial score (nSPS) is 14.7. The maximum Gasteiger partial charge on any atom is 0.323 e. The first-order valence-electron chi connectivity index (χ1n) is 8.95. The molecule has 0 aliphatic carbocycles. The van der Waals surface area contributed by atoms with Crippen molar-refractivity contribution in [2.45, 2.75) is 13.5 Å². The molecule has 0 atom stereocenters. The number of benzene rings is 2. The second-order valence-corrected chi connectivity index (χ2v) is 6.76. The summed E-state index contributed by atoms with van der Waals surface area (Å²) in [5.74, 6) is -0.396. The van der Waals surface area contributed by atoms with Gasteiger partial charge in [0.05, 0.1) is 11.0 Å². The minimum Gasteiger partial charge on any atom is -0.480 e. The highest BCUT2D eigenvalue weighted by Crippen LogP contribution is 2.25. The zero-order valence-electron chi connectivity index (χ0n) is 15.1. The van der Waals surface area contributed by atoms with Gasteiger partial charge in [0.1, 0.15) is 18.2 Å². The van der Waals surface area contributed by atoms with E-state index in [0.29, 0.717) is 5.82 Å². The summed E-state index contributed by atoms with van der Waals surface area (Å²) in [7, 11) is 0. The van der Waals surface area contributed by atoms with Gasteiger partial charge in [-0.25, -0.2) is 9.37 Å². The molecule has 1 saturated heterocycles. The van der Waals surface area contributed by atoms with Gasteiger partial charge in [0.25, 0.3) is 0 Å². The largest absolute Gasteiger partial charge is 0.480 e. The molecule has 2 aromatic carbocycles. The van der Waals surface area contributed by atoms with Gasteiger partial charge < -0.3 is 19.5 Å². The molecule has 0 spiro atoms. The Balaban J connectivity index is 1.50. The fraction of sp³-hybridized carbons (Fsp3) is 0.300. The summed E-state index contributed by atoms with van der Waals surface area (Å²) >= 11 is 0. The number of carboxylic acids is 1. The Kier molecular flexibility index (Phi) is 4.43. The Morgan fingerprint density at radius 2 is 1.63 bits per heavy atom. The van der Waals surface area contributed by atoms with Gasteiger partial charge in [0.15, 0.2) is 0 Å². The summed E-state index contributed by atoms with van der Waals surface area (Å²) in [4.78, 5) is 20.1. The van der Waals surface area contributed by atoms with Crippen molar-refractivity contribution in [2.24, 2.45) is 0 Å². The molecule has 140 valence electrons. The summed E-state index contributed by atoms with van der Waals surface area (Å²) < 4.78 is 14.8. The lowest BCUT2D eigenvalue weighted by Crippen LogP contribution is -2.46. The molecule has 0 bridgehead atoms. The van der Waals surface area contributed by atoms with Crippen LogP contribution < -0.4 is 9.80 Å². The topological polar surface area (TPSA) is 61.6 Å². The molecule has 0 radical (unpaired) electrons. The van der Waals surface area contributed by atoms with Gasteiger partial charge in [-0.15, -0.1) is 0 Å². The zero-order chi connectivity index (χ0) is 19.0. The maximum absolute atomic E-state index is 13.1. The van der Waals surface area contributed by atoms with Crippen molar-refractivity contribution in [1.82, 2.24) is 9.55 Å². The van der Waals surface area contributed by atoms with E-state index in [4.69, 9.17) is 5.11 Å². The van der Waals surface area contributed by atoms with E-state index in [0.717, 1.165) is 48.6 Å². The standard InChI is InChI=1S/C20H21FN4O2/c1-14-22-18-12-17(6-7-19(18)25(14)13-20(26)27)24-10-8-23(9-11-24)16-4-2-15(21)3-5-16/h2-7,12H,8-11,13H2,1H3,(H,26,27). The first-order valence-corrected chi connectivity index (χ1v) is 8.95. The lowest BCUT2D eigenvalue weighted by atomic mass is 10.2. The van der Waals surface area contributed by atoms with Crippen LogP contribution in [0, 0.1) is 12.7 Å². The van der Waals surface area contributed by atoms with Crippen LogP contribution in [0.5, 0.6) is 0 Å². The number of fused-ring (bicyclic) bond motifs is 1. The van der Waals surface area contributed by atoms with Crippen molar-refractivity contribution < 1.29 is 14.3 Å². The Hall–Kier alpha value is -3.09. The number of anilines is 2. The van der Waals surface area contributed by atoms with E-state index in [1.54, 1.807) is 4.57 Å². The highest BCUT2D eigenvalue weighted by Gasteiger charge is 2.19. The molecule has 1 aliphatic rings. The van der Waals surface area contributed by atoms with E-state index in [1.165, 1.54) is 12.1 Å². The smallest absolute Gasteiger partial charge is 0.323 e. The van der Waals surface area contributed by atoms with Crippen molar-refractivity contribution in [3.63, 3.8) is 0 Å². The number of imidazole rings is 1. The van der Waals surface area contributed by atoms with E-state index in [9.17, 15) is 9.18 Å². The van der Waals surface area contributed by atoms with Crippen molar-refractivity contribution in [1.29, 1.82) is 0 Å². The van der Waals surface area contributed by atoms with Crippen LogP contribution in [0.25, 0.3) is 11.0 Å². The molecule has 27 heavy (non-hydrogen) atoms. The highest BCUT2D eigenvalue weighted by atomic mass is 19.1. The van der Waals surface area contributed by atoms with Gasteiger partial charge in [0.2, 0.25) is 0 Å². The fourth-order valence-electron chi connectivity index (χ4n) is 3.64. The van der Waals surface area contributed by atoms with Crippen molar-refractivity contribution in [2.75, 3.05) is 36.0 Å². The summed E-state index contributed by atoms with van der Waals surface area (Å²) in [6.45, 7) is 5.17. The van der Waals surface area contributed by atoms with Gasteiger partial charge in [-0.2, -0.15) is 0 Å². The second-order valence-electron chi connectivity index (χ2n) is 6.76. The number of hydrogen-bond acceptors (Lipinski definition) is 4. The van der Waals surface area contributed by atoms with Crippen molar-refractivity contribution in [3.05, 3.63) is 54.1 Å². The molecule has 4 rings (SSSR count). The van der Waals surface area contributed by atoms with Gasteiger partial charge in [0, 0.05) is 37.6 Å². The molecule has 1 aliphatic heterocycles. The Bertz CT molecular complexity index is 976. The van der Waals surface area contributed by atoms with Crippen LogP contribution in [0.2, 0.25) is 0 Å². The molecular formula is C20H21FN4O2. The number of hydrogen-bond donors (Lipinski definition) is 1. The van der Waals surface area contributed by atoms with Crippen LogP contribution in [0.4, 0.5) is 15.8 Å². The predicted molar refractivity (Wildman–Crippen MR) is 103 cm³/mol. The second kappa shape index (κ2) is 6.90. The number of halogens is 1. The molecular weight excluding hydrogens is 347 g/mol. The third-order valence-electron chi connectivity index (χ3n) is 5.05. The number of aryl methyl sites for hydroxylation is 1. The summed E-state index contributed by atoms with van der Waals surface area (Å²) in [5.41, 5.74) is 3.77. The van der Waals surface area contributed by atoms with Crippen LogP contribution in [0.15, 0.2) is 42.5 Å². The third-order valence-corrected chi connectivity index (χ3v) is 5.05. The van der Waals surface area contributed by atoms with E-state index < -0.39 is 5.97 Å². The average Bonchev–Trinajstić information content (AvgIpc) is 2.97. The minimum absolute atomic E-state index is 0.0853. The van der Waals surface area contributed by atoms with Crippen LogP contribution in [-0.2, 0) is 11.3 Å². The fourth-order valence-corrected chi connectivity index (χ4v) is 3.64. The van der Waals surface area contributed by atoms with Gasteiger partial charge in [-0.05, 0) is 49.4 Å². The van der Waals surface area contributed by atoms with Gasteiger partial charge in [-0.3, -0.25) is 4.79 Å². The molecule has 6 nitrogen and oxygen atoms in total. The zero-order valence-corrected chi connectivity index (χ0v) is 15.1. The number of carbonyl (C=O) groups is 1. The molecule has 0 saturated carbocycles. The van der Waals surface area contributed by atoms with E-state index in [-0.39, 0.29) is 12.4 Å². The molecule has 7 heteroatoms. The monoisotopic (exact) mass is 368 g/mol. The number of aromatic nitrogens is 2. The van der Waals surface area contributed by atoms with Crippen molar-refractivity contribution >= 4 is 28.4 Å². The minimum atomic E-state index is -0.876. The first kappa shape index (κ1) is 17.3. The number of carboxylic acid groups (broad SMARTS) is 1. The Labute approximate surface area is 156 Å². The molecule has 3 aromatic rings. The molecule has 0 amide bonds. The van der Waals surface area contributed by atoms with E-state index in [2.05, 4.69) is 14.8 Å². The number of aliphatic carboxylic acids is 1.